The van der Waals surface area contributed by atoms with E-state index in [4.69, 9.17) is 0 Å². The Morgan fingerprint density at radius 1 is 1.17 bits per heavy atom. The van der Waals surface area contributed by atoms with Gasteiger partial charge in [0.15, 0.2) is 5.65 Å². The second kappa shape index (κ2) is 5.63. The molecule has 1 aromatic carbocycles. The second-order valence-corrected chi connectivity index (χ2v) is 5.85. The largest absolute Gasteiger partial charge is 0.368 e. The van der Waals surface area contributed by atoms with Crippen molar-refractivity contribution in [3.8, 4) is 0 Å². The third kappa shape index (κ3) is 2.49. The Morgan fingerprint density at radius 2 is 1.92 bits per heavy atom. The number of aryl methyl sites for hydroxylation is 1. The number of fused-ring (bicyclic) bond motifs is 1. The highest BCUT2D eigenvalue weighted by atomic mass is 19.1. The highest BCUT2D eigenvalue weighted by Gasteiger charge is 2.20. The number of piperazine rings is 1. The van der Waals surface area contributed by atoms with Gasteiger partial charge in [0.2, 0.25) is 5.95 Å². The third-order valence-corrected chi connectivity index (χ3v) is 4.34. The van der Waals surface area contributed by atoms with Crippen molar-refractivity contribution in [3.05, 3.63) is 46.6 Å². The van der Waals surface area contributed by atoms with Crippen molar-refractivity contribution < 1.29 is 4.39 Å². The van der Waals surface area contributed by atoms with Crippen molar-refractivity contribution in [1.29, 1.82) is 0 Å². The topological polar surface area (TPSA) is 70.1 Å². The Bertz CT molecular complexity index is 941. The molecule has 2 aromatic heterocycles. The average molecular weight is 328 g/mol. The molecule has 0 saturated carbocycles. The molecule has 124 valence electrons. The van der Waals surface area contributed by atoms with Crippen molar-refractivity contribution in [1.82, 2.24) is 19.7 Å². The number of aromatic nitrogens is 4. The van der Waals surface area contributed by atoms with Crippen molar-refractivity contribution >= 4 is 22.7 Å². The van der Waals surface area contributed by atoms with Crippen LogP contribution in [0.2, 0.25) is 0 Å². The van der Waals surface area contributed by atoms with Gasteiger partial charge in [-0.2, -0.15) is 10.1 Å². The number of halogens is 1. The smallest absolute Gasteiger partial charge is 0.263 e. The maximum atomic E-state index is 13.4. The van der Waals surface area contributed by atoms with Gasteiger partial charge in [-0.05, 0) is 18.2 Å². The average Bonchev–Trinajstić information content (AvgIpc) is 2.97. The molecule has 1 N–H and O–H groups in total. The molecule has 24 heavy (non-hydrogen) atoms. The molecule has 3 aromatic rings. The van der Waals surface area contributed by atoms with Gasteiger partial charge in [0.05, 0.1) is 6.20 Å². The number of nitrogens with one attached hydrogen (secondary N) is 1. The lowest BCUT2D eigenvalue weighted by Crippen LogP contribution is -2.47. The maximum Gasteiger partial charge on any atom is 0.263 e. The van der Waals surface area contributed by atoms with E-state index in [1.807, 2.05) is 11.0 Å². The molecule has 0 aliphatic carbocycles. The van der Waals surface area contributed by atoms with Crippen LogP contribution in [0, 0.1) is 5.82 Å². The van der Waals surface area contributed by atoms with Gasteiger partial charge >= 0.3 is 0 Å². The number of rotatable bonds is 2. The van der Waals surface area contributed by atoms with Gasteiger partial charge in [-0.25, -0.2) is 4.39 Å². The maximum absolute atomic E-state index is 13.4. The summed E-state index contributed by atoms with van der Waals surface area (Å²) >= 11 is 0. The molecule has 0 amide bonds. The van der Waals surface area contributed by atoms with E-state index in [1.165, 1.54) is 18.3 Å². The van der Waals surface area contributed by atoms with Crippen LogP contribution in [0.4, 0.5) is 16.0 Å². The zero-order chi connectivity index (χ0) is 16.7. The molecule has 7 nitrogen and oxygen atoms in total. The minimum atomic E-state index is -0.234. The monoisotopic (exact) mass is 328 g/mol. The molecule has 4 rings (SSSR count). The molecule has 8 heteroatoms. The predicted octanol–water partition coefficient (Wildman–Crippen LogP) is 1.12. The highest BCUT2D eigenvalue weighted by Crippen LogP contribution is 2.19. The van der Waals surface area contributed by atoms with E-state index in [9.17, 15) is 9.18 Å². The number of benzene rings is 1. The Balaban J connectivity index is 1.56. The van der Waals surface area contributed by atoms with E-state index < -0.39 is 0 Å². The van der Waals surface area contributed by atoms with Gasteiger partial charge in [-0.1, -0.05) is 6.07 Å². The zero-order valence-corrected chi connectivity index (χ0v) is 13.2. The van der Waals surface area contributed by atoms with Crippen LogP contribution in [0.3, 0.4) is 0 Å². The summed E-state index contributed by atoms with van der Waals surface area (Å²) in [5, 5.41) is 4.56. The lowest BCUT2D eigenvalue weighted by atomic mass is 10.2. The summed E-state index contributed by atoms with van der Waals surface area (Å²) in [4.78, 5) is 23.7. The molecule has 1 saturated heterocycles. The van der Waals surface area contributed by atoms with Crippen LogP contribution in [-0.2, 0) is 7.05 Å². The van der Waals surface area contributed by atoms with E-state index in [1.54, 1.807) is 17.8 Å². The quantitative estimate of drug-likeness (QED) is 0.763. The van der Waals surface area contributed by atoms with E-state index in [2.05, 4.69) is 20.0 Å². The van der Waals surface area contributed by atoms with Gasteiger partial charge in [0.1, 0.15) is 11.2 Å². The first kappa shape index (κ1) is 14.7. The van der Waals surface area contributed by atoms with Crippen LogP contribution >= 0.6 is 0 Å². The van der Waals surface area contributed by atoms with Crippen LogP contribution in [0.15, 0.2) is 35.3 Å². The standard InChI is InChI=1S/C16H17FN6O/c1-21-14-13(10-18-21)15(24)20-16(19-14)23-7-5-22(6-8-23)12-4-2-3-11(17)9-12/h2-4,9-10H,5-8H2,1H3,(H,19,20,24). The van der Waals surface area contributed by atoms with Gasteiger partial charge in [-0.15, -0.1) is 0 Å². The Labute approximate surface area is 137 Å². The molecule has 0 unspecified atom stereocenters. The van der Waals surface area contributed by atoms with Crippen LogP contribution in [0.5, 0.6) is 0 Å². The molecule has 0 radical (unpaired) electrons. The van der Waals surface area contributed by atoms with E-state index >= 15 is 0 Å². The molecule has 1 aliphatic rings. The van der Waals surface area contributed by atoms with Crippen LogP contribution < -0.4 is 15.4 Å². The fourth-order valence-corrected chi connectivity index (χ4v) is 3.02. The highest BCUT2D eigenvalue weighted by molar-refractivity contribution is 5.74. The molecular weight excluding hydrogens is 311 g/mol. The second-order valence-electron chi connectivity index (χ2n) is 5.85. The van der Waals surface area contributed by atoms with Gasteiger partial charge < -0.3 is 9.80 Å². The molecular formula is C16H17FN6O. The summed E-state index contributed by atoms with van der Waals surface area (Å²) in [6.45, 7) is 2.86. The minimum absolute atomic E-state index is 0.185. The lowest BCUT2D eigenvalue weighted by molar-refractivity contribution is 0.617. The predicted molar refractivity (Wildman–Crippen MR) is 90.0 cm³/mol. The number of hydrogen-bond donors (Lipinski definition) is 1. The summed E-state index contributed by atoms with van der Waals surface area (Å²) in [7, 11) is 1.76. The Hall–Kier alpha value is -2.90. The molecule has 1 fully saturated rings. The van der Waals surface area contributed by atoms with Gasteiger partial charge in [0, 0.05) is 38.9 Å². The van der Waals surface area contributed by atoms with E-state index in [-0.39, 0.29) is 11.4 Å². The van der Waals surface area contributed by atoms with E-state index in [0.717, 1.165) is 18.8 Å². The fraction of sp³-hybridized carbons (Fsp3) is 0.312. The zero-order valence-electron chi connectivity index (χ0n) is 13.2. The fourth-order valence-electron chi connectivity index (χ4n) is 3.02. The summed E-state index contributed by atoms with van der Waals surface area (Å²) < 4.78 is 15.0. The first-order valence-corrected chi connectivity index (χ1v) is 7.79. The summed E-state index contributed by atoms with van der Waals surface area (Å²) in [5.41, 5.74) is 1.26. The first-order valence-electron chi connectivity index (χ1n) is 7.79. The number of anilines is 2. The Kier molecular flexibility index (Phi) is 3.44. The van der Waals surface area contributed by atoms with Crippen molar-refractivity contribution in [3.63, 3.8) is 0 Å². The van der Waals surface area contributed by atoms with Crippen molar-refractivity contribution in [2.75, 3.05) is 36.0 Å². The van der Waals surface area contributed by atoms with Crippen LogP contribution in [0.1, 0.15) is 0 Å². The van der Waals surface area contributed by atoms with Crippen molar-refractivity contribution in [2.24, 2.45) is 7.05 Å². The van der Waals surface area contributed by atoms with Gasteiger partial charge in [0.25, 0.3) is 5.56 Å². The Morgan fingerprint density at radius 3 is 2.67 bits per heavy atom. The lowest BCUT2D eigenvalue weighted by Gasteiger charge is -2.36. The molecule has 3 heterocycles. The molecule has 0 bridgehead atoms. The number of nitrogens with zero attached hydrogens (tertiary/aromatic N) is 5. The number of hydrogen-bond acceptors (Lipinski definition) is 5. The van der Waals surface area contributed by atoms with Gasteiger partial charge in [-0.3, -0.25) is 14.5 Å². The van der Waals surface area contributed by atoms with Crippen LogP contribution in [0.25, 0.3) is 11.0 Å². The van der Waals surface area contributed by atoms with Crippen molar-refractivity contribution in [2.45, 2.75) is 0 Å². The molecule has 0 atom stereocenters. The SMILES string of the molecule is Cn1ncc2c(=O)[nH]c(N3CCN(c4cccc(F)c4)CC3)nc21. The normalized spacial score (nSPS) is 15.2. The van der Waals surface area contributed by atoms with E-state index in [0.29, 0.717) is 30.1 Å². The molecule has 0 spiro atoms. The minimum Gasteiger partial charge on any atom is -0.368 e. The summed E-state index contributed by atoms with van der Waals surface area (Å²) in [6, 6.07) is 6.60. The van der Waals surface area contributed by atoms with Crippen LogP contribution in [-0.4, -0.2) is 45.9 Å². The summed E-state index contributed by atoms with van der Waals surface area (Å²) in [6.07, 6.45) is 1.52. The third-order valence-electron chi connectivity index (χ3n) is 4.34. The molecule has 1 aliphatic heterocycles. The summed E-state index contributed by atoms with van der Waals surface area (Å²) in [5.74, 6) is 0.317. The number of aromatic amines is 1. The number of H-pyrrole nitrogens is 1. The first-order chi connectivity index (χ1) is 11.6.